The number of aliphatic hydroxyl groups is 1. The molecule has 0 spiro atoms. The van der Waals surface area contributed by atoms with Crippen LogP contribution in [0.2, 0.25) is 0 Å². The Morgan fingerprint density at radius 1 is 1.44 bits per heavy atom. The van der Waals surface area contributed by atoms with Crippen molar-refractivity contribution >= 4 is 17.7 Å². The lowest BCUT2D eigenvalue weighted by Gasteiger charge is -1.99. The highest BCUT2D eigenvalue weighted by molar-refractivity contribution is 5.74. The third-order valence-electron chi connectivity index (χ3n) is 2.52. The number of aromatic nitrogens is 2. The van der Waals surface area contributed by atoms with Crippen molar-refractivity contribution < 1.29 is 10.0 Å². The van der Waals surface area contributed by atoms with Crippen LogP contribution in [0.15, 0.2) is 36.5 Å². The van der Waals surface area contributed by atoms with Crippen LogP contribution < -0.4 is 0 Å². The summed E-state index contributed by atoms with van der Waals surface area (Å²) in [6, 6.07) is 8.90. The molecule has 18 heavy (non-hydrogen) atoms. The van der Waals surface area contributed by atoms with E-state index in [4.69, 9.17) is 0 Å². The SMILES string of the molecule is Cn1c([N+](=O)[O-])cnc1/C=C(\O)c1ccccc1. The Kier molecular flexibility index (Phi) is 3.09. The molecule has 1 aromatic carbocycles. The summed E-state index contributed by atoms with van der Waals surface area (Å²) in [5.41, 5.74) is 0.628. The number of aliphatic hydroxyl groups excluding tert-OH is 1. The second-order valence-corrected chi connectivity index (χ2v) is 3.69. The van der Waals surface area contributed by atoms with Crippen molar-refractivity contribution in [2.45, 2.75) is 0 Å². The average molecular weight is 245 g/mol. The van der Waals surface area contributed by atoms with Gasteiger partial charge in [0, 0.05) is 11.6 Å². The highest BCUT2D eigenvalue weighted by atomic mass is 16.6. The van der Waals surface area contributed by atoms with Gasteiger partial charge in [-0.3, -0.25) is 0 Å². The van der Waals surface area contributed by atoms with Gasteiger partial charge in [0.2, 0.25) is 5.82 Å². The second kappa shape index (κ2) is 4.70. The van der Waals surface area contributed by atoms with E-state index in [0.717, 1.165) is 6.20 Å². The van der Waals surface area contributed by atoms with Crippen LogP contribution in [0.3, 0.4) is 0 Å². The second-order valence-electron chi connectivity index (χ2n) is 3.69. The molecule has 2 rings (SSSR count). The number of nitro groups is 1. The maximum atomic E-state index is 10.7. The monoisotopic (exact) mass is 245 g/mol. The van der Waals surface area contributed by atoms with Crippen molar-refractivity contribution in [3.8, 4) is 0 Å². The van der Waals surface area contributed by atoms with Crippen LogP contribution in [-0.2, 0) is 7.05 Å². The van der Waals surface area contributed by atoms with Crippen molar-refractivity contribution in [2.24, 2.45) is 7.05 Å². The number of rotatable bonds is 3. The van der Waals surface area contributed by atoms with Crippen LogP contribution in [-0.4, -0.2) is 19.6 Å². The van der Waals surface area contributed by atoms with Crippen molar-refractivity contribution in [3.63, 3.8) is 0 Å². The van der Waals surface area contributed by atoms with Gasteiger partial charge in [-0.15, -0.1) is 0 Å². The largest absolute Gasteiger partial charge is 0.507 e. The first-order valence-corrected chi connectivity index (χ1v) is 5.22. The Morgan fingerprint density at radius 2 is 2.11 bits per heavy atom. The van der Waals surface area contributed by atoms with Gasteiger partial charge >= 0.3 is 5.82 Å². The Bertz CT molecular complexity index is 602. The first kappa shape index (κ1) is 11.8. The Hall–Kier alpha value is -2.63. The molecule has 0 aliphatic heterocycles. The Balaban J connectivity index is 2.37. The molecule has 0 radical (unpaired) electrons. The first-order chi connectivity index (χ1) is 8.59. The minimum atomic E-state index is -0.524. The fraction of sp³-hybridized carbons (Fsp3) is 0.0833. The standard InChI is InChI=1S/C12H11N3O3/c1-14-11(13-8-12(14)15(17)18)7-10(16)9-5-3-2-4-6-9/h2-8,16H,1H3/b10-7-. The van der Waals surface area contributed by atoms with E-state index in [1.807, 2.05) is 6.07 Å². The van der Waals surface area contributed by atoms with Crippen LogP contribution in [0.25, 0.3) is 11.8 Å². The van der Waals surface area contributed by atoms with Crippen molar-refractivity contribution in [1.82, 2.24) is 9.55 Å². The quantitative estimate of drug-likeness (QED) is 0.511. The summed E-state index contributed by atoms with van der Waals surface area (Å²) in [7, 11) is 1.52. The summed E-state index contributed by atoms with van der Waals surface area (Å²) in [6.07, 6.45) is 2.55. The number of benzene rings is 1. The molecule has 0 saturated carbocycles. The summed E-state index contributed by atoms with van der Waals surface area (Å²) < 4.78 is 1.30. The maximum absolute atomic E-state index is 10.7. The maximum Gasteiger partial charge on any atom is 0.342 e. The lowest BCUT2D eigenvalue weighted by molar-refractivity contribution is -0.391. The fourth-order valence-corrected chi connectivity index (χ4v) is 1.53. The average Bonchev–Trinajstić information content (AvgIpc) is 2.72. The summed E-state index contributed by atoms with van der Waals surface area (Å²) in [5, 5.41) is 20.5. The third-order valence-corrected chi connectivity index (χ3v) is 2.52. The highest BCUT2D eigenvalue weighted by Gasteiger charge is 2.15. The number of imidazole rings is 1. The lowest BCUT2D eigenvalue weighted by Crippen LogP contribution is -1.99. The molecule has 0 aliphatic rings. The molecule has 6 nitrogen and oxygen atoms in total. The molecule has 0 aliphatic carbocycles. The normalized spacial score (nSPS) is 11.5. The lowest BCUT2D eigenvalue weighted by atomic mass is 10.2. The van der Waals surface area contributed by atoms with Crippen LogP contribution in [0.4, 0.5) is 5.82 Å². The van der Waals surface area contributed by atoms with Gasteiger partial charge in [0.1, 0.15) is 12.0 Å². The Labute approximate surface area is 103 Å². The van der Waals surface area contributed by atoms with Crippen LogP contribution in [0.5, 0.6) is 0 Å². The fourth-order valence-electron chi connectivity index (χ4n) is 1.53. The predicted molar refractivity (Wildman–Crippen MR) is 66.8 cm³/mol. The van der Waals surface area contributed by atoms with Gasteiger partial charge < -0.3 is 15.2 Å². The van der Waals surface area contributed by atoms with Crippen molar-refractivity contribution in [2.75, 3.05) is 0 Å². The Morgan fingerprint density at radius 3 is 2.67 bits per heavy atom. The van der Waals surface area contributed by atoms with Gasteiger partial charge in [0.25, 0.3) is 0 Å². The van der Waals surface area contributed by atoms with Gasteiger partial charge in [0.05, 0.1) is 7.05 Å². The zero-order valence-electron chi connectivity index (χ0n) is 9.65. The molecule has 0 unspecified atom stereocenters. The van der Waals surface area contributed by atoms with Crippen LogP contribution >= 0.6 is 0 Å². The van der Waals surface area contributed by atoms with Gasteiger partial charge in [0.15, 0.2) is 0 Å². The summed E-state index contributed by atoms with van der Waals surface area (Å²) in [6.45, 7) is 0. The summed E-state index contributed by atoms with van der Waals surface area (Å²) >= 11 is 0. The van der Waals surface area contributed by atoms with E-state index < -0.39 is 4.92 Å². The molecule has 0 amide bonds. The van der Waals surface area contributed by atoms with Crippen LogP contribution in [0, 0.1) is 10.1 Å². The van der Waals surface area contributed by atoms with Crippen molar-refractivity contribution in [3.05, 3.63) is 58.0 Å². The zero-order valence-corrected chi connectivity index (χ0v) is 9.65. The number of hydrogen-bond donors (Lipinski definition) is 1. The van der Waals surface area contributed by atoms with E-state index >= 15 is 0 Å². The van der Waals surface area contributed by atoms with Gasteiger partial charge in [-0.2, -0.15) is 0 Å². The predicted octanol–water partition coefficient (Wildman–Crippen LogP) is 2.38. The molecular formula is C12H11N3O3. The molecule has 1 heterocycles. The van der Waals surface area contributed by atoms with Gasteiger partial charge in [-0.05, 0) is 4.92 Å². The summed E-state index contributed by atoms with van der Waals surface area (Å²) in [4.78, 5) is 14.0. The minimum absolute atomic E-state index is 0.0131. The van der Waals surface area contributed by atoms with E-state index in [0.29, 0.717) is 11.4 Å². The van der Waals surface area contributed by atoms with E-state index in [2.05, 4.69) is 4.98 Å². The van der Waals surface area contributed by atoms with E-state index in [1.54, 1.807) is 24.3 Å². The highest BCUT2D eigenvalue weighted by Crippen LogP contribution is 2.17. The summed E-state index contributed by atoms with van der Waals surface area (Å²) in [5.74, 6) is 0.212. The topological polar surface area (TPSA) is 81.2 Å². The third kappa shape index (κ3) is 2.22. The molecule has 0 saturated heterocycles. The molecule has 2 aromatic rings. The zero-order chi connectivity index (χ0) is 13.1. The molecule has 1 aromatic heterocycles. The number of nitrogens with zero attached hydrogens (tertiary/aromatic N) is 3. The smallest absolute Gasteiger partial charge is 0.342 e. The molecule has 1 N–H and O–H groups in total. The molecule has 0 bridgehead atoms. The van der Waals surface area contributed by atoms with E-state index in [9.17, 15) is 15.2 Å². The molecular weight excluding hydrogens is 234 g/mol. The molecule has 92 valence electrons. The van der Waals surface area contributed by atoms with Crippen LogP contribution in [0.1, 0.15) is 11.4 Å². The molecule has 0 fully saturated rings. The molecule has 6 heteroatoms. The van der Waals surface area contributed by atoms with Gasteiger partial charge in [-0.25, -0.2) is 9.55 Å². The molecule has 0 atom stereocenters. The van der Waals surface area contributed by atoms with E-state index in [-0.39, 0.29) is 11.6 Å². The van der Waals surface area contributed by atoms with E-state index in [1.165, 1.54) is 17.7 Å². The first-order valence-electron chi connectivity index (χ1n) is 5.22. The van der Waals surface area contributed by atoms with Gasteiger partial charge in [-0.1, -0.05) is 30.3 Å². The number of hydrogen-bond acceptors (Lipinski definition) is 4. The van der Waals surface area contributed by atoms with Crippen molar-refractivity contribution in [1.29, 1.82) is 0 Å². The minimum Gasteiger partial charge on any atom is -0.507 e.